The lowest BCUT2D eigenvalue weighted by molar-refractivity contribution is 0.310. The first kappa shape index (κ1) is 19.5. The highest BCUT2D eigenvalue weighted by molar-refractivity contribution is 6.33. The van der Waals surface area contributed by atoms with E-state index in [-0.39, 0.29) is 6.01 Å². The molecule has 0 spiro atoms. The van der Waals surface area contributed by atoms with E-state index in [0.29, 0.717) is 34.7 Å². The summed E-state index contributed by atoms with van der Waals surface area (Å²) < 4.78 is 6.00. The maximum atomic E-state index is 6.36. The highest BCUT2D eigenvalue weighted by Gasteiger charge is 2.20. The number of aromatic nitrogens is 5. The van der Waals surface area contributed by atoms with E-state index in [4.69, 9.17) is 16.3 Å². The van der Waals surface area contributed by atoms with Gasteiger partial charge in [-0.05, 0) is 13.1 Å². The van der Waals surface area contributed by atoms with Gasteiger partial charge in [-0.25, -0.2) is 9.97 Å². The molecular formula is C20H22ClN7O. The second-order valence-electron chi connectivity index (χ2n) is 6.80. The summed E-state index contributed by atoms with van der Waals surface area (Å²) in [6.45, 7) is 5.66. The van der Waals surface area contributed by atoms with Crippen LogP contribution in [0, 0.1) is 0 Å². The average molecular weight is 412 g/mol. The zero-order valence-corrected chi connectivity index (χ0v) is 17.2. The van der Waals surface area contributed by atoms with Crippen molar-refractivity contribution in [3.05, 3.63) is 47.6 Å². The largest absolute Gasteiger partial charge is 0.404 e. The maximum Gasteiger partial charge on any atom is 0.328 e. The Bertz CT molecular complexity index is 992. The van der Waals surface area contributed by atoms with Crippen molar-refractivity contribution in [3.63, 3.8) is 0 Å². The number of halogens is 1. The molecule has 9 heteroatoms. The molecule has 0 amide bonds. The van der Waals surface area contributed by atoms with Gasteiger partial charge in [-0.2, -0.15) is 15.0 Å². The zero-order valence-electron chi connectivity index (χ0n) is 16.4. The van der Waals surface area contributed by atoms with Gasteiger partial charge in [0.1, 0.15) is 12.2 Å². The standard InChI is InChI=1S/C20H22ClN7O/c1-3-17-24-19(28-10-8-27(2)9-11-28)26-20(25-17)29-18-15(12-22-13-23-18)14-6-4-5-7-16(14)21/h4-7,12-13H,3,8-11H2,1-2H3. The summed E-state index contributed by atoms with van der Waals surface area (Å²) in [6.07, 6.45) is 3.78. The Morgan fingerprint density at radius 2 is 1.83 bits per heavy atom. The number of ether oxygens (including phenoxy) is 1. The maximum absolute atomic E-state index is 6.36. The predicted molar refractivity (Wildman–Crippen MR) is 111 cm³/mol. The molecular weight excluding hydrogens is 390 g/mol. The molecule has 0 N–H and O–H groups in total. The van der Waals surface area contributed by atoms with Gasteiger partial charge in [0.2, 0.25) is 11.8 Å². The van der Waals surface area contributed by atoms with Gasteiger partial charge in [0.05, 0.1) is 5.56 Å². The molecule has 1 aromatic carbocycles. The second kappa shape index (κ2) is 8.67. The van der Waals surface area contributed by atoms with Gasteiger partial charge in [-0.1, -0.05) is 36.7 Å². The Morgan fingerprint density at radius 3 is 2.59 bits per heavy atom. The molecule has 0 unspecified atom stereocenters. The van der Waals surface area contributed by atoms with Crippen LogP contribution in [0.5, 0.6) is 11.9 Å². The third-order valence-corrected chi connectivity index (χ3v) is 5.11. The number of anilines is 1. The van der Waals surface area contributed by atoms with Crippen molar-refractivity contribution in [1.82, 2.24) is 29.8 Å². The Labute approximate surface area is 174 Å². The molecule has 29 heavy (non-hydrogen) atoms. The zero-order chi connectivity index (χ0) is 20.2. The number of likely N-dealkylation sites (N-methyl/N-ethyl adjacent to an activating group) is 1. The second-order valence-corrected chi connectivity index (χ2v) is 7.21. The number of nitrogens with zero attached hydrogens (tertiary/aromatic N) is 7. The summed E-state index contributed by atoms with van der Waals surface area (Å²) in [5, 5.41) is 0.593. The van der Waals surface area contributed by atoms with Crippen molar-refractivity contribution in [1.29, 1.82) is 0 Å². The quantitative estimate of drug-likeness (QED) is 0.633. The molecule has 3 aromatic rings. The molecule has 1 saturated heterocycles. The fourth-order valence-electron chi connectivity index (χ4n) is 3.09. The van der Waals surface area contributed by atoms with Crippen LogP contribution in [0.1, 0.15) is 12.7 Å². The Morgan fingerprint density at radius 1 is 1.03 bits per heavy atom. The van der Waals surface area contributed by atoms with Crippen LogP contribution in [0.15, 0.2) is 36.8 Å². The SMILES string of the molecule is CCc1nc(Oc2ncncc2-c2ccccc2Cl)nc(N2CCN(C)CC2)n1. The summed E-state index contributed by atoms with van der Waals surface area (Å²) in [5.41, 5.74) is 1.46. The van der Waals surface area contributed by atoms with E-state index < -0.39 is 0 Å². The molecule has 8 nitrogen and oxygen atoms in total. The van der Waals surface area contributed by atoms with Crippen molar-refractivity contribution < 1.29 is 4.74 Å². The van der Waals surface area contributed by atoms with Crippen LogP contribution in [-0.4, -0.2) is 63.0 Å². The van der Waals surface area contributed by atoms with Crippen LogP contribution in [0.4, 0.5) is 5.95 Å². The summed E-state index contributed by atoms with van der Waals surface area (Å²) >= 11 is 6.36. The van der Waals surface area contributed by atoms with E-state index in [1.165, 1.54) is 6.33 Å². The minimum atomic E-state index is 0.220. The van der Waals surface area contributed by atoms with Gasteiger partial charge in [0.15, 0.2) is 0 Å². The summed E-state index contributed by atoms with van der Waals surface area (Å²) in [4.78, 5) is 26.4. The van der Waals surface area contributed by atoms with Gasteiger partial charge in [-0.3, -0.25) is 0 Å². The van der Waals surface area contributed by atoms with Gasteiger partial charge in [0, 0.05) is 49.4 Å². The van der Waals surface area contributed by atoms with Gasteiger partial charge < -0.3 is 14.5 Å². The lowest BCUT2D eigenvalue weighted by atomic mass is 10.1. The minimum Gasteiger partial charge on any atom is -0.404 e. The molecule has 1 fully saturated rings. The molecule has 4 rings (SSSR count). The number of piperazine rings is 1. The van der Waals surface area contributed by atoms with E-state index in [0.717, 1.165) is 31.7 Å². The summed E-state index contributed by atoms with van der Waals surface area (Å²) in [5.74, 6) is 1.66. The van der Waals surface area contributed by atoms with Crippen molar-refractivity contribution in [3.8, 4) is 23.0 Å². The highest BCUT2D eigenvalue weighted by atomic mass is 35.5. The first-order valence-electron chi connectivity index (χ1n) is 9.55. The van der Waals surface area contributed by atoms with E-state index in [2.05, 4.69) is 41.8 Å². The van der Waals surface area contributed by atoms with Crippen LogP contribution in [0.25, 0.3) is 11.1 Å². The third-order valence-electron chi connectivity index (χ3n) is 4.78. The van der Waals surface area contributed by atoms with Crippen molar-refractivity contribution >= 4 is 17.5 Å². The number of hydrogen-bond donors (Lipinski definition) is 0. The van der Waals surface area contributed by atoms with Crippen LogP contribution in [-0.2, 0) is 6.42 Å². The molecule has 150 valence electrons. The predicted octanol–water partition coefficient (Wildman–Crippen LogP) is 3.09. The topological polar surface area (TPSA) is 80.2 Å². The van der Waals surface area contributed by atoms with Gasteiger partial charge in [0.25, 0.3) is 0 Å². The fourth-order valence-corrected chi connectivity index (χ4v) is 3.33. The Balaban J connectivity index is 1.67. The average Bonchev–Trinajstić information content (AvgIpc) is 2.75. The minimum absolute atomic E-state index is 0.220. The van der Waals surface area contributed by atoms with E-state index >= 15 is 0 Å². The van der Waals surface area contributed by atoms with Crippen molar-refractivity contribution in [2.45, 2.75) is 13.3 Å². The van der Waals surface area contributed by atoms with Gasteiger partial charge in [-0.15, -0.1) is 0 Å². The highest BCUT2D eigenvalue weighted by Crippen LogP contribution is 2.34. The number of aryl methyl sites for hydroxylation is 1. The van der Waals surface area contributed by atoms with E-state index in [1.54, 1.807) is 6.20 Å². The first-order valence-corrected chi connectivity index (χ1v) is 9.93. The molecule has 1 aliphatic heterocycles. The van der Waals surface area contributed by atoms with Crippen molar-refractivity contribution in [2.24, 2.45) is 0 Å². The molecule has 1 aliphatic rings. The molecule has 0 aliphatic carbocycles. The number of rotatable bonds is 5. The molecule has 3 heterocycles. The van der Waals surface area contributed by atoms with E-state index in [1.807, 2.05) is 31.2 Å². The Hall–Kier alpha value is -2.84. The molecule has 0 radical (unpaired) electrons. The lowest BCUT2D eigenvalue weighted by Gasteiger charge is -2.32. The monoisotopic (exact) mass is 411 g/mol. The molecule has 0 atom stereocenters. The summed E-state index contributed by atoms with van der Waals surface area (Å²) in [6, 6.07) is 7.71. The Kier molecular flexibility index (Phi) is 5.82. The van der Waals surface area contributed by atoms with Gasteiger partial charge >= 0.3 is 6.01 Å². The van der Waals surface area contributed by atoms with Crippen LogP contribution in [0.3, 0.4) is 0 Å². The smallest absolute Gasteiger partial charge is 0.328 e. The van der Waals surface area contributed by atoms with E-state index in [9.17, 15) is 0 Å². The first-order chi connectivity index (χ1) is 14.1. The van der Waals surface area contributed by atoms with Crippen LogP contribution >= 0.6 is 11.6 Å². The van der Waals surface area contributed by atoms with Crippen LogP contribution in [0.2, 0.25) is 5.02 Å². The lowest BCUT2D eigenvalue weighted by Crippen LogP contribution is -2.45. The molecule has 0 saturated carbocycles. The summed E-state index contributed by atoms with van der Waals surface area (Å²) in [7, 11) is 2.11. The molecule has 2 aromatic heterocycles. The van der Waals surface area contributed by atoms with Crippen LogP contribution < -0.4 is 9.64 Å². The number of benzene rings is 1. The third kappa shape index (κ3) is 4.44. The van der Waals surface area contributed by atoms with Crippen molar-refractivity contribution in [2.75, 3.05) is 38.1 Å². The number of hydrogen-bond acceptors (Lipinski definition) is 8. The normalized spacial score (nSPS) is 14.8. The fraction of sp³-hybridized carbons (Fsp3) is 0.350. The molecule has 0 bridgehead atoms.